The predicted octanol–water partition coefficient (Wildman–Crippen LogP) is 2.01. The number of ether oxygens (including phenoxy) is 1. The highest BCUT2D eigenvalue weighted by Crippen LogP contribution is 2.27. The molecule has 1 aromatic heterocycles. The van der Waals surface area contributed by atoms with Gasteiger partial charge in [-0.3, -0.25) is 0 Å². The number of hydrogen-bond donors (Lipinski definition) is 1. The SMILES string of the molecule is CCOC(=O)c1cc(C#N)c(C)nc1NC1CC1. The Hall–Kier alpha value is -2.09. The second-order valence-electron chi connectivity index (χ2n) is 4.27. The molecular weight excluding hydrogens is 230 g/mol. The van der Waals surface area contributed by atoms with Crippen molar-refractivity contribution in [3.63, 3.8) is 0 Å². The third kappa shape index (κ3) is 2.59. The zero-order valence-corrected chi connectivity index (χ0v) is 10.5. The molecule has 18 heavy (non-hydrogen) atoms. The normalized spacial score (nSPS) is 13.8. The smallest absolute Gasteiger partial charge is 0.341 e. The van der Waals surface area contributed by atoms with Gasteiger partial charge in [0.05, 0.1) is 17.9 Å². The van der Waals surface area contributed by atoms with E-state index < -0.39 is 5.97 Å². The highest BCUT2D eigenvalue weighted by Gasteiger charge is 2.25. The molecule has 1 aliphatic carbocycles. The van der Waals surface area contributed by atoms with Crippen LogP contribution in [0.15, 0.2) is 6.07 Å². The van der Waals surface area contributed by atoms with Crippen molar-refractivity contribution in [3.8, 4) is 6.07 Å². The number of anilines is 1. The van der Waals surface area contributed by atoms with Crippen molar-refractivity contribution in [1.82, 2.24) is 4.98 Å². The first-order valence-corrected chi connectivity index (χ1v) is 6.01. The van der Waals surface area contributed by atoms with Gasteiger partial charge in [-0.05, 0) is 32.8 Å². The lowest BCUT2D eigenvalue weighted by Crippen LogP contribution is -2.14. The fraction of sp³-hybridized carbons (Fsp3) is 0.462. The monoisotopic (exact) mass is 245 g/mol. The number of esters is 1. The van der Waals surface area contributed by atoms with E-state index in [0.29, 0.717) is 35.3 Å². The largest absolute Gasteiger partial charge is 0.462 e. The van der Waals surface area contributed by atoms with Crippen LogP contribution in [0.25, 0.3) is 0 Å². The van der Waals surface area contributed by atoms with Crippen LogP contribution < -0.4 is 5.32 Å². The van der Waals surface area contributed by atoms with Crippen LogP contribution in [0.2, 0.25) is 0 Å². The molecule has 1 N–H and O–H groups in total. The molecule has 1 heterocycles. The number of pyridine rings is 1. The van der Waals surface area contributed by atoms with Gasteiger partial charge in [0, 0.05) is 6.04 Å². The van der Waals surface area contributed by atoms with Crippen LogP contribution in [0.4, 0.5) is 5.82 Å². The van der Waals surface area contributed by atoms with Crippen LogP contribution in [-0.4, -0.2) is 23.6 Å². The van der Waals surface area contributed by atoms with Crippen LogP contribution in [-0.2, 0) is 4.74 Å². The third-order valence-corrected chi connectivity index (χ3v) is 2.75. The van der Waals surface area contributed by atoms with Crippen LogP contribution >= 0.6 is 0 Å². The molecule has 1 aromatic rings. The number of nitrogens with one attached hydrogen (secondary N) is 1. The Kier molecular flexibility index (Phi) is 3.47. The maximum atomic E-state index is 11.8. The number of nitrogens with zero attached hydrogens (tertiary/aromatic N) is 2. The Balaban J connectivity index is 2.38. The van der Waals surface area contributed by atoms with Crippen molar-refractivity contribution in [2.75, 3.05) is 11.9 Å². The van der Waals surface area contributed by atoms with Gasteiger partial charge in [0.2, 0.25) is 0 Å². The van der Waals surface area contributed by atoms with Crippen molar-refractivity contribution >= 4 is 11.8 Å². The number of hydrogen-bond acceptors (Lipinski definition) is 5. The van der Waals surface area contributed by atoms with Crippen molar-refractivity contribution < 1.29 is 9.53 Å². The van der Waals surface area contributed by atoms with Gasteiger partial charge in [-0.25, -0.2) is 9.78 Å². The van der Waals surface area contributed by atoms with Gasteiger partial charge < -0.3 is 10.1 Å². The minimum atomic E-state index is -0.440. The molecule has 2 rings (SSSR count). The highest BCUT2D eigenvalue weighted by atomic mass is 16.5. The Bertz CT molecular complexity index is 516. The zero-order chi connectivity index (χ0) is 13.1. The quantitative estimate of drug-likeness (QED) is 0.821. The van der Waals surface area contributed by atoms with Crippen molar-refractivity contribution in [2.24, 2.45) is 0 Å². The molecule has 0 spiro atoms. The van der Waals surface area contributed by atoms with Crippen LogP contribution in [0.1, 0.15) is 41.4 Å². The van der Waals surface area contributed by atoms with Gasteiger partial charge in [0.1, 0.15) is 17.5 Å². The minimum absolute atomic E-state index is 0.303. The maximum Gasteiger partial charge on any atom is 0.341 e. The molecule has 0 atom stereocenters. The molecule has 94 valence electrons. The molecular formula is C13H15N3O2. The highest BCUT2D eigenvalue weighted by molar-refractivity contribution is 5.95. The molecule has 0 amide bonds. The Morgan fingerprint density at radius 3 is 2.94 bits per heavy atom. The van der Waals surface area contributed by atoms with Gasteiger partial charge in [-0.1, -0.05) is 0 Å². The van der Waals surface area contributed by atoms with Crippen LogP contribution in [0.5, 0.6) is 0 Å². The molecule has 1 saturated carbocycles. The molecule has 0 aromatic carbocycles. The number of rotatable bonds is 4. The maximum absolute atomic E-state index is 11.8. The minimum Gasteiger partial charge on any atom is -0.462 e. The van der Waals surface area contributed by atoms with E-state index in [1.165, 1.54) is 0 Å². The fourth-order valence-electron chi connectivity index (χ4n) is 1.61. The first-order chi connectivity index (χ1) is 8.65. The standard InChI is InChI=1S/C13H15N3O2/c1-3-18-13(17)11-6-9(7-14)8(2)15-12(11)16-10-4-5-10/h6,10H,3-5H2,1-2H3,(H,15,16). The van der Waals surface area contributed by atoms with Crippen LogP contribution in [0.3, 0.4) is 0 Å². The zero-order valence-electron chi connectivity index (χ0n) is 10.5. The second kappa shape index (κ2) is 5.05. The van der Waals surface area contributed by atoms with Gasteiger partial charge in [0.25, 0.3) is 0 Å². The molecule has 1 fully saturated rings. The summed E-state index contributed by atoms with van der Waals surface area (Å²) >= 11 is 0. The third-order valence-electron chi connectivity index (χ3n) is 2.75. The number of aromatic nitrogens is 1. The van der Waals surface area contributed by atoms with Crippen molar-refractivity contribution in [1.29, 1.82) is 5.26 Å². The topological polar surface area (TPSA) is 75.0 Å². The number of carbonyl (C=O) groups is 1. The molecule has 0 bridgehead atoms. The fourth-order valence-corrected chi connectivity index (χ4v) is 1.61. The van der Waals surface area contributed by atoms with E-state index in [1.54, 1.807) is 19.9 Å². The summed E-state index contributed by atoms with van der Waals surface area (Å²) in [7, 11) is 0. The van der Waals surface area contributed by atoms with Crippen molar-refractivity contribution in [2.45, 2.75) is 32.7 Å². The number of aryl methyl sites for hydroxylation is 1. The molecule has 0 saturated heterocycles. The van der Waals surface area contributed by atoms with E-state index in [9.17, 15) is 4.79 Å². The molecule has 0 unspecified atom stereocenters. The summed E-state index contributed by atoms with van der Waals surface area (Å²) in [5.41, 5.74) is 1.36. The van der Waals surface area contributed by atoms with E-state index in [2.05, 4.69) is 10.3 Å². The first kappa shape index (κ1) is 12.4. The lowest BCUT2D eigenvalue weighted by molar-refractivity contribution is 0.0527. The number of nitriles is 1. The Morgan fingerprint density at radius 1 is 1.67 bits per heavy atom. The van der Waals surface area contributed by atoms with Crippen LogP contribution in [0, 0.1) is 18.3 Å². The second-order valence-corrected chi connectivity index (χ2v) is 4.27. The van der Waals surface area contributed by atoms with Gasteiger partial charge in [0.15, 0.2) is 0 Å². The average molecular weight is 245 g/mol. The lowest BCUT2D eigenvalue weighted by atomic mass is 10.1. The summed E-state index contributed by atoms with van der Waals surface area (Å²) in [5.74, 6) is 0.0806. The Morgan fingerprint density at radius 2 is 2.39 bits per heavy atom. The Labute approximate surface area is 106 Å². The predicted molar refractivity (Wildman–Crippen MR) is 66.3 cm³/mol. The van der Waals surface area contributed by atoms with E-state index in [0.717, 1.165) is 12.8 Å². The molecule has 0 aliphatic heterocycles. The molecule has 1 aliphatic rings. The van der Waals surface area contributed by atoms with E-state index in [1.807, 2.05) is 6.07 Å². The summed E-state index contributed by atoms with van der Waals surface area (Å²) in [6, 6.07) is 3.96. The van der Waals surface area contributed by atoms with E-state index in [-0.39, 0.29) is 0 Å². The molecule has 0 radical (unpaired) electrons. The lowest BCUT2D eigenvalue weighted by Gasteiger charge is -2.11. The summed E-state index contributed by atoms with van der Waals surface area (Å²) in [4.78, 5) is 16.1. The van der Waals surface area contributed by atoms with Gasteiger partial charge in [-0.15, -0.1) is 0 Å². The number of carbonyl (C=O) groups excluding carboxylic acids is 1. The average Bonchev–Trinajstić information content (AvgIpc) is 3.13. The van der Waals surface area contributed by atoms with Crippen molar-refractivity contribution in [3.05, 3.63) is 22.9 Å². The molecule has 5 heteroatoms. The van der Waals surface area contributed by atoms with E-state index in [4.69, 9.17) is 10.00 Å². The molecule has 5 nitrogen and oxygen atoms in total. The van der Waals surface area contributed by atoms with Gasteiger partial charge in [-0.2, -0.15) is 5.26 Å². The first-order valence-electron chi connectivity index (χ1n) is 6.01. The van der Waals surface area contributed by atoms with Gasteiger partial charge >= 0.3 is 5.97 Å². The summed E-state index contributed by atoms with van der Waals surface area (Å²) in [6.07, 6.45) is 2.17. The summed E-state index contributed by atoms with van der Waals surface area (Å²) in [5, 5.41) is 12.2. The summed E-state index contributed by atoms with van der Waals surface area (Å²) < 4.78 is 4.98. The van der Waals surface area contributed by atoms with E-state index >= 15 is 0 Å². The summed E-state index contributed by atoms with van der Waals surface area (Å²) in [6.45, 7) is 3.81.